The highest BCUT2D eigenvalue weighted by molar-refractivity contribution is 6.00. The van der Waals surface area contributed by atoms with Crippen molar-refractivity contribution in [1.82, 2.24) is 0 Å². The summed E-state index contributed by atoms with van der Waals surface area (Å²) >= 11 is 0. The minimum absolute atomic E-state index is 0.0982. The molecular weight excluding hydrogens is 211 g/mol. The van der Waals surface area contributed by atoms with E-state index >= 15 is 0 Å². The molecule has 16 heavy (non-hydrogen) atoms. The van der Waals surface area contributed by atoms with Gasteiger partial charge in [0.15, 0.2) is 0 Å². The second-order valence-corrected chi connectivity index (χ2v) is 3.96. The first kappa shape index (κ1) is 10.9. The van der Waals surface area contributed by atoms with E-state index in [0.717, 1.165) is 0 Å². The van der Waals surface area contributed by atoms with Crippen molar-refractivity contribution in [2.24, 2.45) is 5.73 Å². The maximum absolute atomic E-state index is 13.4. The highest BCUT2D eigenvalue weighted by Crippen LogP contribution is 2.34. The van der Waals surface area contributed by atoms with Crippen LogP contribution in [0.25, 0.3) is 0 Å². The van der Waals surface area contributed by atoms with Crippen LogP contribution in [0, 0.1) is 5.82 Å². The number of carbonyl (C=O) groups excluding carboxylic acids is 1. The molecule has 0 heterocycles. The first-order valence-electron chi connectivity index (χ1n) is 4.99. The Hall–Kier alpha value is -1.62. The predicted molar refractivity (Wildman–Crippen MR) is 57.7 cm³/mol. The molecule has 1 amide bonds. The van der Waals surface area contributed by atoms with E-state index in [1.54, 1.807) is 0 Å². The highest BCUT2D eigenvalue weighted by Gasteiger charge is 2.46. The molecule has 1 aliphatic carbocycles. The van der Waals surface area contributed by atoms with Gasteiger partial charge in [-0.1, -0.05) is 0 Å². The number of amides is 1. The number of anilines is 1. The van der Waals surface area contributed by atoms with Crippen LogP contribution in [0.1, 0.15) is 12.8 Å². The van der Waals surface area contributed by atoms with Crippen LogP contribution >= 0.6 is 0 Å². The van der Waals surface area contributed by atoms with Crippen molar-refractivity contribution in [1.29, 1.82) is 0 Å². The van der Waals surface area contributed by atoms with E-state index in [2.05, 4.69) is 5.32 Å². The molecular formula is C11H13FN2O2. The van der Waals surface area contributed by atoms with Gasteiger partial charge in [-0.15, -0.1) is 0 Å². The van der Waals surface area contributed by atoms with Crippen LogP contribution in [0.4, 0.5) is 10.1 Å². The molecule has 0 bridgehead atoms. The Kier molecular flexibility index (Phi) is 2.55. The van der Waals surface area contributed by atoms with Crippen LogP contribution < -0.4 is 15.8 Å². The van der Waals surface area contributed by atoms with Gasteiger partial charge in [-0.25, -0.2) is 4.39 Å². The third-order valence-corrected chi connectivity index (χ3v) is 2.66. The largest absolute Gasteiger partial charge is 0.497 e. The summed E-state index contributed by atoms with van der Waals surface area (Å²) < 4.78 is 18.3. The number of halogens is 1. The molecule has 4 nitrogen and oxygen atoms in total. The third kappa shape index (κ3) is 1.99. The quantitative estimate of drug-likeness (QED) is 0.812. The Morgan fingerprint density at radius 2 is 2.25 bits per heavy atom. The fraction of sp³-hybridized carbons (Fsp3) is 0.364. The van der Waals surface area contributed by atoms with Crippen molar-refractivity contribution in [2.75, 3.05) is 12.4 Å². The van der Waals surface area contributed by atoms with Gasteiger partial charge in [0, 0.05) is 6.07 Å². The molecule has 1 aromatic carbocycles. The van der Waals surface area contributed by atoms with E-state index in [1.807, 2.05) is 0 Å². The van der Waals surface area contributed by atoms with E-state index in [0.29, 0.717) is 18.6 Å². The Labute approximate surface area is 92.6 Å². The molecule has 0 saturated heterocycles. The van der Waals surface area contributed by atoms with Crippen molar-refractivity contribution in [3.05, 3.63) is 24.0 Å². The zero-order valence-corrected chi connectivity index (χ0v) is 8.92. The lowest BCUT2D eigenvalue weighted by Crippen LogP contribution is -2.38. The summed E-state index contributed by atoms with van der Waals surface area (Å²) in [5.74, 6) is -0.364. The molecule has 0 unspecified atom stereocenters. The second kappa shape index (κ2) is 3.75. The summed E-state index contributed by atoms with van der Waals surface area (Å²) in [4.78, 5) is 11.6. The van der Waals surface area contributed by atoms with E-state index < -0.39 is 11.4 Å². The van der Waals surface area contributed by atoms with Crippen LogP contribution in [-0.4, -0.2) is 18.6 Å². The van der Waals surface area contributed by atoms with Crippen molar-refractivity contribution in [2.45, 2.75) is 18.4 Å². The standard InChI is InChI=1S/C11H13FN2O2/c1-16-7-2-3-8(12)9(6-7)14-10(15)11(13)4-5-11/h2-3,6H,4-5,13H2,1H3,(H,14,15). The Morgan fingerprint density at radius 3 is 2.81 bits per heavy atom. The van der Waals surface area contributed by atoms with Crippen molar-refractivity contribution in [3.63, 3.8) is 0 Å². The summed E-state index contributed by atoms with van der Waals surface area (Å²) in [5.41, 5.74) is 4.98. The molecule has 5 heteroatoms. The van der Waals surface area contributed by atoms with Gasteiger partial charge in [-0.3, -0.25) is 4.79 Å². The fourth-order valence-corrected chi connectivity index (χ4v) is 1.34. The summed E-state index contributed by atoms with van der Waals surface area (Å²) in [6.45, 7) is 0. The molecule has 0 spiro atoms. The molecule has 1 saturated carbocycles. The first-order valence-corrected chi connectivity index (χ1v) is 4.99. The van der Waals surface area contributed by atoms with Crippen LogP contribution in [-0.2, 0) is 4.79 Å². The number of carbonyl (C=O) groups is 1. The normalized spacial score (nSPS) is 16.7. The van der Waals surface area contributed by atoms with Gasteiger partial charge < -0.3 is 15.8 Å². The summed E-state index contributed by atoms with van der Waals surface area (Å²) in [6, 6.07) is 4.16. The molecule has 86 valence electrons. The summed E-state index contributed by atoms with van der Waals surface area (Å²) in [7, 11) is 1.48. The highest BCUT2D eigenvalue weighted by atomic mass is 19.1. The predicted octanol–water partition coefficient (Wildman–Crippen LogP) is 1.26. The number of nitrogens with one attached hydrogen (secondary N) is 1. The van der Waals surface area contributed by atoms with Crippen LogP contribution in [0.15, 0.2) is 18.2 Å². The minimum Gasteiger partial charge on any atom is -0.497 e. The first-order chi connectivity index (χ1) is 7.55. The second-order valence-electron chi connectivity index (χ2n) is 3.96. The number of hydrogen-bond acceptors (Lipinski definition) is 3. The van der Waals surface area contributed by atoms with Crippen LogP contribution in [0.3, 0.4) is 0 Å². The van der Waals surface area contributed by atoms with Gasteiger partial charge in [0.25, 0.3) is 0 Å². The maximum atomic E-state index is 13.4. The lowest BCUT2D eigenvalue weighted by atomic mass is 10.2. The topological polar surface area (TPSA) is 64.3 Å². The SMILES string of the molecule is COc1ccc(F)c(NC(=O)C2(N)CC2)c1. The van der Waals surface area contributed by atoms with Crippen LogP contribution in [0.5, 0.6) is 5.75 Å². The molecule has 2 rings (SSSR count). The average Bonchev–Trinajstić information content (AvgIpc) is 3.01. The molecule has 0 radical (unpaired) electrons. The summed E-state index contributed by atoms with van der Waals surface area (Å²) in [5, 5.41) is 2.47. The number of nitrogens with two attached hydrogens (primary N) is 1. The molecule has 3 N–H and O–H groups in total. The van der Waals surface area contributed by atoms with Gasteiger partial charge in [-0.05, 0) is 25.0 Å². The zero-order valence-electron chi connectivity index (χ0n) is 8.92. The van der Waals surface area contributed by atoms with Gasteiger partial charge in [0.05, 0.1) is 18.3 Å². The van der Waals surface area contributed by atoms with Gasteiger partial charge in [-0.2, -0.15) is 0 Å². The molecule has 0 atom stereocenters. The van der Waals surface area contributed by atoms with E-state index in [1.165, 1.54) is 25.3 Å². The molecule has 1 fully saturated rings. The Balaban J connectivity index is 2.17. The van der Waals surface area contributed by atoms with Gasteiger partial charge >= 0.3 is 0 Å². The lowest BCUT2D eigenvalue weighted by molar-refractivity contribution is -0.118. The van der Waals surface area contributed by atoms with Crippen LogP contribution in [0.2, 0.25) is 0 Å². The number of methoxy groups -OCH3 is 1. The van der Waals surface area contributed by atoms with Crippen molar-refractivity contribution < 1.29 is 13.9 Å². The molecule has 1 aromatic rings. The average molecular weight is 224 g/mol. The van der Waals surface area contributed by atoms with E-state index in [-0.39, 0.29) is 11.6 Å². The Morgan fingerprint density at radius 1 is 1.56 bits per heavy atom. The molecule has 0 aromatic heterocycles. The minimum atomic E-state index is -0.810. The van der Waals surface area contributed by atoms with Gasteiger partial charge in [0.2, 0.25) is 5.91 Å². The number of ether oxygens (including phenoxy) is 1. The number of rotatable bonds is 3. The maximum Gasteiger partial charge on any atom is 0.244 e. The zero-order chi connectivity index (χ0) is 11.8. The number of benzene rings is 1. The summed E-state index contributed by atoms with van der Waals surface area (Å²) in [6.07, 6.45) is 1.29. The Bertz CT molecular complexity index is 430. The fourth-order valence-electron chi connectivity index (χ4n) is 1.34. The van der Waals surface area contributed by atoms with E-state index in [9.17, 15) is 9.18 Å². The van der Waals surface area contributed by atoms with E-state index in [4.69, 9.17) is 10.5 Å². The smallest absolute Gasteiger partial charge is 0.244 e. The molecule has 1 aliphatic rings. The molecule has 0 aliphatic heterocycles. The number of hydrogen-bond donors (Lipinski definition) is 2. The van der Waals surface area contributed by atoms with Gasteiger partial charge in [0.1, 0.15) is 11.6 Å². The third-order valence-electron chi connectivity index (χ3n) is 2.66. The monoisotopic (exact) mass is 224 g/mol. The lowest BCUT2D eigenvalue weighted by Gasteiger charge is -2.11. The van der Waals surface area contributed by atoms with Crippen molar-refractivity contribution >= 4 is 11.6 Å². The van der Waals surface area contributed by atoms with Crippen molar-refractivity contribution in [3.8, 4) is 5.75 Å².